The summed E-state index contributed by atoms with van der Waals surface area (Å²) in [5.74, 6) is 0.620. The van der Waals surface area contributed by atoms with Gasteiger partial charge in [-0.3, -0.25) is 0 Å². The Hall–Kier alpha value is -1.20. The van der Waals surface area contributed by atoms with E-state index in [2.05, 4.69) is 15.3 Å². The normalized spacial score (nSPS) is 15.7. The SMILES string of the molecule is Nc1ncnc2sc3c(c12)CCNC3. The largest absolute Gasteiger partial charge is 0.383 e. The Morgan fingerprint density at radius 1 is 1.43 bits per heavy atom. The van der Waals surface area contributed by atoms with Crippen LogP contribution in [-0.2, 0) is 13.0 Å². The Labute approximate surface area is 85.2 Å². The van der Waals surface area contributed by atoms with E-state index in [1.54, 1.807) is 11.3 Å². The zero-order valence-corrected chi connectivity index (χ0v) is 8.40. The van der Waals surface area contributed by atoms with Crippen LogP contribution in [0.2, 0.25) is 0 Å². The molecule has 0 unspecified atom stereocenters. The number of rotatable bonds is 0. The van der Waals surface area contributed by atoms with Crippen LogP contribution >= 0.6 is 11.3 Å². The molecule has 0 aromatic carbocycles. The van der Waals surface area contributed by atoms with Crippen molar-refractivity contribution in [2.75, 3.05) is 12.3 Å². The minimum atomic E-state index is 0.620. The van der Waals surface area contributed by atoms with Crippen LogP contribution in [0.25, 0.3) is 10.2 Å². The molecule has 0 saturated heterocycles. The highest BCUT2D eigenvalue weighted by atomic mass is 32.1. The van der Waals surface area contributed by atoms with Gasteiger partial charge in [-0.2, -0.15) is 0 Å². The van der Waals surface area contributed by atoms with Gasteiger partial charge in [-0.25, -0.2) is 9.97 Å². The van der Waals surface area contributed by atoms with Gasteiger partial charge in [0.25, 0.3) is 0 Å². The first-order valence-electron chi connectivity index (χ1n) is 4.57. The first-order chi connectivity index (χ1) is 6.86. The highest BCUT2D eigenvalue weighted by Crippen LogP contribution is 2.34. The number of nitrogens with two attached hydrogens (primary N) is 1. The molecule has 0 bridgehead atoms. The summed E-state index contributed by atoms with van der Waals surface area (Å²) >= 11 is 1.72. The number of thiophene rings is 1. The molecule has 5 heteroatoms. The molecule has 0 atom stereocenters. The molecule has 3 heterocycles. The molecule has 0 saturated carbocycles. The molecule has 2 aromatic heterocycles. The fourth-order valence-electron chi connectivity index (χ4n) is 1.88. The van der Waals surface area contributed by atoms with Gasteiger partial charge in [0.1, 0.15) is 17.0 Å². The van der Waals surface area contributed by atoms with Crippen LogP contribution in [0.1, 0.15) is 10.4 Å². The molecular formula is C9H10N4S. The molecule has 0 fully saturated rings. The van der Waals surface area contributed by atoms with E-state index < -0.39 is 0 Å². The monoisotopic (exact) mass is 206 g/mol. The Morgan fingerprint density at radius 2 is 2.36 bits per heavy atom. The van der Waals surface area contributed by atoms with E-state index in [0.717, 1.165) is 29.7 Å². The van der Waals surface area contributed by atoms with Crippen LogP contribution in [0.5, 0.6) is 0 Å². The fourth-order valence-corrected chi connectivity index (χ4v) is 3.05. The van der Waals surface area contributed by atoms with Crippen LogP contribution in [0, 0.1) is 0 Å². The van der Waals surface area contributed by atoms with E-state index in [0.29, 0.717) is 5.82 Å². The minimum absolute atomic E-state index is 0.620. The minimum Gasteiger partial charge on any atom is -0.383 e. The van der Waals surface area contributed by atoms with Crippen molar-refractivity contribution in [2.24, 2.45) is 0 Å². The van der Waals surface area contributed by atoms with E-state index in [-0.39, 0.29) is 0 Å². The molecule has 0 radical (unpaired) electrons. The second-order valence-electron chi connectivity index (χ2n) is 3.37. The second-order valence-corrected chi connectivity index (χ2v) is 4.45. The highest BCUT2D eigenvalue weighted by Gasteiger charge is 2.18. The second kappa shape index (κ2) is 2.90. The summed E-state index contributed by atoms with van der Waals surface area (Å²) in [7, 11) is 0. The molecule has 0 spiro atoms. The van der Waals surface area contributed by atoms with Crippen molar-refractivity contribution in [3.8, 4) is 0 Å². The van der Waals surface area contributed by atoms with Gasteiger partial charge in [-0.15, -0.1) is 11.3 Å². The standard InChI is InChI=1S/C9H10N4S/c10-8-7-5-1-2-11-3-6(5)14-9(7)13-4-12-8/h4,11H,1-3H2,(H2,10,12,13). The molecule has 0 amide bonds. The van der Waals surface area contributed by atoms with Gasteiger partial charge in [-0.1, -0.05) is 0 Å². The van der Waals surface area contributed by atoms with Crippen LogP contribution in [0.3, 0.4) is 0 Å². The average molecular weight is 206 g/mol. The molecule has 2 aromatic rings. The maximum absolute atomic E-state index is 5.86. The zero-order chi connectivity index (χ0) is 9.54. The molecular weight excluding hydrogens is 196 g/mol. The number of aromatic nitrogens is 2. The number of nitrogens with zero attached hydrogens (tertiary/aromatic N) is 2. The van der Waals surface area contributed by atoms with Crippen LogP contribution in [0.4, 0.5) is 5.82 Å². The lowest BCUT2D eigenvalue weighted by molar-refractivity contribution is 0.657. The fraction of sp³-hybridized carbons (Fsp3) is 0.333. The Morgan fingerprint density at radius 3 is 3.29 bits per heavy atom. The molecule has 4 nitrogen and oxygen atoms in total. The number of hydrogen-bond donors (Lipinski definition) is 2. The van der Waals surface area contributed by atoms with E-state index in [1.165, 1.54) is 16.8 Å². The number of nitrogens with one attached hydrogen (secondary N) is 1. The van der Waals surface area contributed by atoms with Crippen molar-refractivity contribution in [1.82, 2.24) is 15.3 Å². The number of nitrogen functional groups attached to an aromatic ring is 1. The van der Waals surface area contributed by atoms with Gasteiger partial charge in [0.05, 0.1) is 5.39 Å². The van der Waals surface area contributed by atoms with Crippen LogP contribution < -0.4 is 11.1 Å². The zero-order valence-electron chi connectivity index (χ0n) is 7.58. The third-order valence-electron chi connectivity index (χ3n) is 2.54. The quantitative estimate of drug-likeness (QED) is 0.672. The number of fused-ring (bicyclic) bond motifs is 3. The lowest BCUT2D eigenvalue weighted by atomic mass is 10.1. The topological polar surface area (TPSA) is 63.8 Å². The summed E-state index contributed by atoms with van der Waals surface area (Å²) in [6, 6.07) is 0. The van der Waals surface area contributed by atoms with Crippen molar-refractivity contribution in [2.45, 2.75) is 13.0 Å². The van der Waals surface area contributed by atoms with Gasteiger partial charge >= 0.3 is 0 Å². The van der Waals surface area contributed by atoms with Gasteiger partial charge < -0.3 is 11.1 Å². The van der Waals surface area contributed by atoms with Gasteiger partial charge in [0.15, 0.2) is 0 Å². The third kappa shape index (κ3) is 1.03. The summed E-state index contributed by atoms with van der Waals surface area (Å²) < 4.78 is 0. The molecule has 1 aliphatic heterocycles. The third-order valence-corrected chi connectivity index (χ3v) is 3.68. The number of anilines is 1. The summed E-state index contributed by atoms with van der Waals surface area (Å²) in [6.45, 7) is 1.96. The lowest BCUT2D eigenvalue weighted by Gasteiger charge is -2.12. The Kier molecular flexibility index (Phi) is 1.68. The van der Waals surface area contributed by atoms with Gasteiger partial charge in [-0.05, 0) is 18.5 Å². The Bertz CT molecular complexity index is 491. The predicted octanol–water partition coefficient (Wildman–Crippen LogP) is 0.919. The molecule has 3 rings (SSSR count). The first-order valence-corrected chi connectivity index (χ1v) is 5.39. The van der Waals surface area contributed by atoms with Crippen molar-refractivity contribution < 1.29 is 0 Å². The maximum atomic E-state index is 5.86. The summed E-state index contributed by atoms with van der Waals surface area (Å²) in [6.07, 6.45) is 2.57. The van der Waals surface area contributed by atoms with Crippen LogP contribution in [-0.4, -0.2) is 16.5 Å². The molecule has 0 aliphatic carbocycles. The van der Waals surface area contributed by atoms with E-state index in [1.807, 2.05) is 0 Å². The Balaban J connectivity index is 2.38. The highest BCUT2D eigenvalue weighted by molar-refractivity contribution is 7.18. The molecule has 3 N–H and O–H groups in total. The molecule has 14 heavy (non-hydrogen) atoms. The van der Waals surface area contributed by atoms with Crippen molar-refractivity contribution >= 4 is 27.4 Å². The van der Waals surface area contributed by atoms with E-state index in [4.69, 9.17) is 5.73 Å². The van der Waals surface area contributed by atoms with Gasteiger partial charge in [0.2, 0.25) is 0 Å². The maximum Gasteiger partial charge on any atom is 0.135 e. The average Bonchev–Trinajstić information content (AvgIpc) is 2.57. The first kappa shape index (κ1) is 8.14. The van der Waals surface area contributed by atoms with Crippen molar-refractivity contribution in [1.29, 1.82) is 0 Å². The smallest absolute Gasteiger partial charge is 0.135 e. The molecule has 1 aliphatic rings. The lowest BCUT2D eigenvalue weighted by Crippen LogP contribution is -2.22. The van der Waals surface area contributed by atoms with Gasteiger partial charge in [0, 0.05) is 11.4 Å². The predicted molar refractivity (Wildman–Crippen MR) is 57.2 cm³/mol. The summed E-state index contributed by atoms with van der Waals surface area (Å²) in [5, 5.41) is 4.42. The van der Waals surface area contributed by atoms with E-state index >= 15 is 0 Å². The summed E-state index contributed by atoms with van der Waals surface area (Å²) in [5.41, 5.74) is 7.21. The van der Waals surface area contributed by atoms with Crippen molar-refractivity contribution in [3.05, 3.63) is 16.8 Å². The molecule has 72 valence electrons. The summed E-state index contributed by atoms with van der Waals surface area (Å²) in [4.78, 5) is 10.7. The van der Waals surface area contributed by atoms with Crippen molar-refractivity contribution in [3.63, 3.8) is 0 Å². The number of hydrogen-bond acceptors (Lipinski definition) is 5. The van der Waals surface area contributed by atoms with E-state index in [9.17, 15) is 0 Å². The van der Waals surface area contributed by atoms with Crippen LogP contribution in [0.15, 0.2) is 6.33 Å².